The van der Waals surface area contributed by atoms with E-state index in [2.05, 4.69) is 48.2 Å². The maximum atomic E-state index is 9.83. The maximum Gasteiger partial charge on any atom is 0.161 e. The Morgan fingerprint density at radius 2 is 1.96 bits per heavy atom. The van der Waals surface area contributed by atoms with Crippen LogP contribution in [0.4, 0.5) is 0 Å². The molecule has 2 aromatic carbocycles. The van der Waals surface area contributed by atoms with Crippen molar-refractivity contribution in [2.75, 3.05) is 20.2 Å². The molecule has 0 unspecified atom stereocenters. The third-order valence-corrected chi connectivity index (χ3v) is 5.72. The maximum absolute atomic E-state index is 9.83. The van der Waals surface area contributed by atoms with Crippen molar-refractivity contribution in [1.29, 1.82) is 0 Å². The molecule has 1 saturated carbocycles. The fourth-order valence-electron chi connectivity index (χ4n) is 4.24. The summed E-state index contributed by atoms with van der Waals surface area (Å²) in [4.78, 5) is 2.44. The number of aliphatic hydroxyl groups is 1. The van der Waals surface area contributed by atoms with Crippen LogP contribution in [0.1, 0.15) is 23.1 Å². The summed E-state index contributed by atoms with van der Waals surface area (Å²) in [7, 11) is 1.69. The summed E-state index contributed by atoms with van der Waals surface area (Å²) in [5, 5.41) is 9.83. The van der Waals surface area contributed by atoms with Gasteiger partial charge in [-0.05, 0) is 42.5 Å². The summed E-state index contributed by atoms with van der Waals surface area (Å²) in [6, 6.07) is 14.5. The molecule has 4 heteroatoms. The van der Waals surface area contributed by atoms with E-state index in [9.17, 15) is 5.11 Å². The summed E-state index contributed by atoms with van der Waals surface area (Å²) in [6.07, 6.45) is 0.882. The van der Waals surface area contributed by atoms with E-state index in [-0.39, 0.29) is 6.10 Å². The molecule has 2 fully saturated rings. The van der Waals surface area contributed by atoms with Crippen LogP contribution in [0.25, 0.3) is 0 Å². The van der Waals surface area contributed by atoms with Crippen molar-refractivity contribution < 1.29 is 14.6 Å². The predicted molar refractivity (Wildman–Crippen MR) is 101 cm³/mol. The van der Waals surface area contributed by atoms with Crippen LogP contribution in [0.5, 0.6) is 11.5 Å². The Morgan fingerprint density at radius 3 is 2.69 bits per heavy atom. The Kier molecular flexibility index (Phi) is 4.88. The highest BCUT2D eigenvalue weighted by atomic mass is 16.5. The van der Waals surface area contributed by atoms with E-state index in [1.807, 2.05) is 6.07 Å². The molecule has 0 radical (unpaired) electrons. The molecule has 4 rings (SSSR count). The van der Waals surface area contributed by atoms with Crippen LogP contribution >= 0.6 is 0 Å². The highest BCUT2D eigenvalue weighted by molar-refractivity contribution is 5.43. The molecule has 2 aliphatic rings. The van der Waals surface area contributed by atoms with Crippen molar-refractivity contribution in [1.82, 2.24) is 4.90 Å². The van der Waals surface area contributed by atoms with Gasteiger partial charge in [0.1, 0.15) is 6.61 Å². The minimum atomic E-state index is -0.0862. The SMILES string of the molecule is COc1cc(CN2C[C@H]3C[C@@H](O)[C@H]3C2)ccc1OCc1cccc(C)c1. The average molecular weight is 353 g/mol. The standard InChI is InChI=1S/C22H27NO3/c1-15-4-3-5-17(8-15)14-26-21-7-6-16(9-22(21)25-2)11-23-12-18-10-20(24)19(18)13-23/h3-9,18-20,24H,10-14H2,1-2H3/t18-,19+,20-/m1/s1. The van der Waals surface area contributed by atoms with Crippen molar-refractivity contribution >= 4 is 0 Å². The predicted octanol–water partition coefficient (Wildman–Crippen LogP) is 3.40. The highest BCUT2D eigenvalue weighted by Crippen LogP contribution is 2.41. The van der Waals surface area contributed by atoms with E-state index in [4.69, 9.17) is 9.47 Å². The number of hydrogen-bond donors (Lipinski definition) is 1. The monoisotopic (exact) mass is 353 g/mol. The molecule has 0 aromatic heterocycles. The van der Waals surface area contributed by atoms with Crippen molar-refractivity contribution in [3.05, 3.63) is 59.2 Å². The second-order valence-corrected chi connectivity index (χ2v) is 7.68. The average Bonchev–Trinajstić information content (AvgIpc) is 2.96. The smallest absolute Gasteiger partial charge is 0.161 e. The van der Waals surface area contributed by atoms with Gasteiger partial charge in [0.25, 0.3) is 0 Å². The molecule has 1 aliphatic heterocycles. The number of rotatable bonds is 6. The quantitative estimate of drug-likeness (QED) is 0.864. The van der Waals surface area contributed by atoms with Crippen LogP contribution in [-0.2, 0) is 13.2 Å². The lowest BCUT2D eigenvalue weighted by Gasteiger charge is -2.35. The molecule has 3 atom stereocenters. The van der Waals surface area contributed by atoms with Gasteiger partial charge in [0.05, 0.1) is 13.2 Å². The Balaban J connectivity index is 1.39. The highest BCUT2D eigenvalue weighted by Gasteiger charge is 2.45. The van der Waals surface area contributed by atoms with Crippen molar-refractivity contribution in [3.63, 3.8) is 0 Å². The van der Waals surface area contributed by atoms with Crippen molar-refractivity contribution in [2.24, 2.45) is 11.8 Å². The summed E-state index contributed by atoms with van der Waals surface area (Å²) in [6.45, 7) is 5.61. The first kappa shape index (κ1) is 17.4. The lowest BCUT2D eigenvalue weighted by Crippen LogP contribution is -2.39. The van der Waals surface area contributed by atoms with Crippen LogP contribution in [0.15, 0.2) is 42.5 Å². The number of fused-ring (bicyclic) bond motifs is 1. The molecular formula is C22H27NO3. The van der Waals surface area contributed by atoms with E-state index < -0.39 is 0 Å². The lowest BCUT2D eigenvalue weighted by molar-refractivity contribution is -0.00435. The van der Waals surface area contributed by atoms with Crippen molar-refractivity contribution in [3.8, 4) is 11.5 Å². The zero-order valence-corrected chi connectivity index (χ0v) is 15.5. The normalized spacial score (nSPS) is 24.8. The molecule has 1 aliphatic carbocycles. The third kappa shape index (κ3) is 3.57. The van der Waals surface area contributed by atoms with E-state index >= 15 is 0 Å². The van der Waals surface area contributed by atoms with Gasteiger partial charge in [-0.3, -0.25) is 4.90 Å². The molecule has 0 amide bonds. The molecule has 0 spiro atoms. The number of likely N-dealkylation sites (tertiary alicyclic amines) is 1. The van der Waals surface area contributed by atoms with Gasteiger partial charge in [-0.15, -0.1) is 0 Å². The zero-order chi connectivity index (χ0) is 18.1. The molecule has 0 bridgehead atoms. The first-order chi connectivity index (χ1) is 12.6. The third-order valence-electron chi connectivity index (χ3n) is 5.72. The van der Waals surface area contributed by atoms with E-state index in [1.54, 1.807) is 7.11 Å². The number of nitrogens with zero attached hydrogens (tertiary/aromatic N) is 1. The minimum Gasteiger partial charge on any atom is -0.493 e. The van der Waals surface area contributed by atoms with E-state index in [0.29, 0.717) is 18.4 Å². The van der Waals surface area contributed by atoms with Crippen molar-refractivity contribution in [2.45, 2.75) is 32.6 Å². The number of hydrogen-bond acceptors (Lipinski definition) is 4. The molecule has 1 N–H and O–H groups in total. The van der Waals surface area contributed by atoms with Crippen LogP contribution in [-0.4, -0.2) is 36.3 Å². The number of methoxy groups -OCH3 is 1. The zero-order valence-electron chi connectivity index (χ0n) is 15.5. The lowest BCUT2D eigenvalue weighted by atomic mass is 9.74. The molecule has 4 nitrogen and oxygen atoms in total. The van der Waals surface area contributed by atoms with E-state index in [0.717, 1.165) is 43.1 Å². The fourth-order valence-corrected chi connectivity index (χ4v) is 4.24. The Labute approximate surface area is 155 Å². The van der Waals surface area contributed by atoms with Gasteiger partial charge in [-0.2, -0.15) is 0 Å². The van der Waals surface area contributed by atoms with Gasteiger partial charge in [0.15, 0.2) is 11.5 Å². The summed E-state index contributed by atoms with van der Waals surface area (Å²) in [5.74, 6) is 2.71. The van der Waals surface area contributed by atoms with Gasteiger partial charge in [0.2, 0.25) is 0 Å². The van der Waals surface area contributed by atoms with Crippen LogP contribution in [0.3, 0.4) is 0 Å². The number of aliphatic hydroxyl groups excluding tert-OH is 1. The largest absolute Gasteiger partial charge is 0.493 e. The Hall–Kier alpha value is -2.04. The van der Waals surface area contributed by atoms with Gasteiger partial charge in [0, 0.05) is 25.6 Å². The van der Waals surface area contributed by atoms with Gasteiger partial charge in [-0.25, -0.2) is 0 Å². The van der Waals surface area contributed by atoms with Gasteiger partial charge in [-0.1, -0.05) is 35.9 Å². The molecule has 1 heterocycles. The summed E-state index contributed by atoms with van der Waals surface area (Å²) >= 11 is 0. The first-order valence-corrected chi connectivity index (χ1v) is 9.38. The first-order valence-electron chi connectivity index (χ1n) is 9.38. The molecule has 2 aromatic rings. The van der Waals surface area contributed by atoms with E-state index in [1.165, 1.54) is 11.1 Å². The number of benzene rings is 2. The number of ether oxygens (including phenoxy) is 2. The van der Waals surface area contributed by atoms with Gasteiger partial charge < -0.3 is 14.6 Å². The molecular weight excluding hydrogens is 326 g/mol. The summed E-state index contributed by atoms with van der Waals surface area (Å²) in [5.41, 5.74) is 3.61. The minimum absolute atomic E-state index is 0.0862. The topological polar surface area (TPSA) is 41.9 Å². The second kappa shape index (κ2) is 7.29. The van der Waals surface area contributed by atoms with Crippen LogP contribution < -0.4 is 9.47 Å². The molecule has 138 valence electrons. The molecule has 26 heavy (non-hydrogen) atoms. The van der Waals surface area contributed by atoms with Gasteiger partial charge >= 0.3 is 0 Å². The van der Waals surface area contributed by atoms with Crippen LogP contribution in [0, 0.1) is 18.8 Å². The number of aryl methyl sites for hydroxylation is 1. The Bertz CT molecular complexity index is 776. The fraction of sp³-hybridized carbons (Fsp3) is 0.455. The van der Waals surface area contributed by atoms with Crippen LogP contribution in [0.2, 0.25) is 0 Å². The molecule has 1 saturated heterocycles. The second-order valence-electron chi connectivity index (χ2n) is 7.68. The summed E-state index contributed by atoms with van der Waals surface area (Å²) < 4.78 is 11.5. The Morgan fingerprint density at radius 1 is 1.08 bits per heavy atom.